The minimum absolute atomic E-state index is 0.316. The summed E-state index contributed by atoms with van der Waals surface area (Å²) in [4.78, 5) is 11.7. The molecule has 0 fully saturated rings. The van der Waals surface area contributed by atoms with Crippen LogP contribution in [-0.2, 0) is 0 Å². The molecule has 0 heterocycles. The molecule has 0 aliphatic carbocycles. The molecule has 0 aliphatic heterocycles. The van der Waals surface area contributed by atoms with E-state index in [1.807, 2.05) is 6.07 Å². The first-order chi connectivity index (χ1) is 8.15. The third kappa shape index (κ3) is 3.14. The standard InChI is InChI=1S/C13H8BrFO2/c14-10-3-1-2-9(8-10)13(16)17-12-6-4-11(15)5-7-12/h1-8H. The number of hydrogen-bond acceptors (Lipinski definition) is 2. The minimum Gasteiger partial charge on any atom is -0.423 e. The molecule has 0 N–H and O–H groups in total. The Hall–Kier alpha value is -1.68. The Bertz CT molecular complexity index is 537. The number of benzene rings is 2. The highest BCUT2D eigenvalue weighted by Gasteiger charge is 2.08. The van der Waals surface area contributed by atoms with Gasteiger partial charge in [0.15, 0.2) is 0 Å². The van der Waals surface area contributed by atoms with Crippen molar-refractivity contribution in [2.45, 2.75) is 0 Å². The van der Waals surface area contributed by atoms with Crippen LogP contribution in [0.5, 0.6) is 5.75 Å². The van der Waals surface area contributed by atoms with Crippen LogP contribution in [0.2, 0.25) is 0 Å². The maximum Gasteiger partial charge on any atom is 0.343 e. The van der Waals surface area contributed by atoms with E-state index in [-0.39, 0.29) is 5.82 Å². The largest absolute Gasteiger partial charge is 0.423 e. The number of esters is 1. The van der Waals surface area contributed by atoms with E-state index in [4.69, 9.17) is 4.74 Å². The average molecular weight is 295 g/mol. The highest BCUT2D eigenvalue weighted by molar-refractivity contribution is 9.10. The zero-order valence-electron chi connectivity index (χ0n) is 8.69. The summed E-state index contributed by atoms with van der Waals surface area (Å²) < 4.78 is 18.5. The van der Waals surface area contributed by atoms with Crippen LogP contribution in [0.3, 0.4) is 0 Å². The van der Waals surface area contributed by atoms with Crippen LogP contribution in [-0.4, -0.2) is 5.97 Å². The van der Waals surface area contributed by atoms with Crippen LogP contribution in [0, 0.1) is 5.82 Å². The number of halogens is 2. The van der Waals surface area contributed by atoms with Crippen molar-refractivity contribution >= 4 is 21.9 Å². The van der Waals surface area contributed by atoms with Crippen molar-refractivity contribution in [1.82, 2.24) is 0 Å². The lowest BCUT2D eigenvalue weighted by molar-refractivity contribution is 0.0734. The molecule has 0 aliphatic rings. The zero-order valence-corrected chi connectivity index (χ0v) is 10.3. The van der Waals surface area contributed by atoms with Crippen LogP contribution in [0.15, 0.2) is 53.0 Å². The van der Waals surface area contributed by atoms with E-state index in [1.54, 1.807) is 18.2 Å². The maximum atomic E-state index is 12.7. The van der Waals surface area contributed by atoms with Gasteiger partial charge in [0.05, 0.1) is 5.56 Å². The Balaban J connectivity index is 2.14. The Labute approximate surface area is 106 Å². The van der Waals surface area contributed by atoms with Crippen molar-refractivity contribution in [3.05, 3.63) is 64.4 Å². The van der Waals surface area contributed by atoms with Crippen molar-refractivity contribution in [3.63, 3.8) is 0 Å². The van der Waals surface area contributed by atoms with Crippen molar-refractivity contribution in [2.75, 3.05) is 0 Å². The lowest BCUT2D eigenvalue weighted by Crippen LogP contribution is -2.08. The molecular weight excluding hydrogens is 287 g/mol. The van der Waals surface area contributed by atoms with Crippen molar-refractivity contribution in [3.8, 4) is 5.75 Å². The van der Waals surface area contributed by atoms with Crippen molar-refractivity contribution in [1.29, 1.82) is 0 Å². The Kier molecular flexibility index (Phi) is 3.54. The Morgan fingerprint density at radius 2 is 1.82 bits per heavy atom. The third-order valence-electron chi connectivity index (χ3n) is 2.08. The molecule has 17 heavy (non-hydrogen) atoms. The number of hydrogen-bond donors (Lipinski definition) is 0. The first-order valence-corrected chi connectivity index (χ1v) is 5.68. The molecule has 86 valence electrons. The second-order valence-electron chi connectivity index (χ2n) is 3.35. The predicted octanol–water partition coefficient (Wildman–Crippen LogP) is 3.81. The highest BCUT2D eigenvalue weighted by atomic mass is 79.9. The smallest absolute Gasteiger partial charge is 0.343 e. The SMILES string of the molecule is O=C(Oc1ccc(F)cc1)c1cccc(Br)c1. The van der Waals surface area contributed by atoms with Gasteiger partial charge in [0.25, 0.3) is 0 Å². The zero-order chi connectivity index (χ0) is 12.3. The molecule has 4 heteroatoms. The quantitative estimate of drug-likeness (QED) is 0.622. The first-order valence-electron chi connectivity index (χ1n) is 4.88. The van der Waals surface area contributed by atoms with E-state index in [9.17, 15) is 9.18 Å². The number of carbonyl (C=O) groups is 1. The molecule has 2 nitrogen and oxygen atoms in total. The summed E-state index contributed by atoms with van der Waals surface area (Å²) >= 11 is 3.27. The fourth-order valence-electron chi connectivity index (χ4n) is 1.28. The number of ether oxygens (including phenoxy) is 1. The lowest BCUT2D eigenvalue weighted by Gasteiger charge is -2.04. The van der Waals surface area contributed by atoms with Crippen molar-refractivity contribution in [2.24, 2.45) is 0 Å². The van der Waals surface area contributed by atoms with E-state index < -0.39 is 5.97 Å². The summed E-state index contributed by atoms with van der Waals surface area (Å²) in [5, 5.41) is 0. The molecular formula is C13H8BrFO2. The van der Waals surface area contributed by atoms with Gasteiger partial charge in [-0.1, -0.05) is 22.0 Å². The van der Waals surface area contributed by atoms with Crippen LogP contribution in [0.4, 0.5) is 4.39 Å². The molecule has 2 aromatic carbocycles. The van der Waals surface area contributed by atoms with Gasteiger partial charge in [-0.2, -0.15) is 0 Å². The topological polar surface area (TPSA) is 26.3 Å². The summed E-state index contributed by atoms with van der Waals surface area (Å²) in [6.45, 7) is 0. The average Bonchev–Trinajstić information content (AvgIpc) is 2.32. The monoisotopic (exact) mass is 294 g/mol. The molecule has 0 radical (unpaired) electrons. The summed E-state index contributed by atoms with van der Waals surface area (Å²) in [6, 6.07) is 12.2. The van der Waals surface area contributed by atoms with Crippen LogP contribution in [0.25, 0.3) is 0 Å². The Morgan fingerprint density at radius 3 is 2.47 bits per heavy atom. The minimum atomic E-state index is -0.474. The molecule has 0 amide bonds. The predicted molar refractivity (Wildman–Crippen MR) is 65.5 cm³/mol. The van der Waals surface area contributed by atoms with Gasteiger partial charge in [-0.05, 0) is 42.5 Å². The molecule has 2 aromatic rings. The Morgan fingerprint density at radius 1 is 1.12 bits per heavy atom. The third-order valence-corrected chi connectivity index (χ3v) is 2.58. The maximum absolute atomic E-state index is 12.7. The van der Waals surface area contributed by atoms with Gasteiger partial charge in [-0.3, -0.25) is 0 Å². The van der Waals surface area contributed by atoms with Gasteiger partial charge >= 0.3 is 5.97 Å². The van der Waals surface area contributed by atoms with Gasteiger partial charge in [-0.15, -0.1) is 0 Å². The molecule has 0 saturated carbocycles. The normalized spacial score (nSPS) is 10.0. The van der Waals surface area contributed by atoms with E-state index in [0.29, 0.717) is 11.3 Å². The fourth-order valence-corrected chi connectivity index (χ4v) is 1.68. The van der Waals surface area contributed by atoms with Gasteiger partial charge in [-0.25, -0.2) is 9.18 Å². The summed E-state index contributed by atoms with van der Waals surface area (Å²) in [5.41, 5.74) is 0.434. The molecule has 2 rings (SSSR count). The van der Waals surface area contributed by atoms with Gasteiger partial charge < -0.3 is 4.74 Å². The lowest BCUT2D eigenvalue weighted by atomic mass is 10.2. The van der Waals surface area contributed by atoms with E-state index >= 15 is 0 Å². The molecule has 0 unspecified atom stereocenters. The molecule has 0 spiro atoms. The second kappa shape index (κ2) is 5.10. The summed E-state index contributed by atoms with van der Waals surface area (Å²) in [7, 11) is 0. The highest BCUT2D eigenvalue weighted by Crippen LogP contribution is 2.16. The van der Waals surface area contributed by atoms with Gasteiger partial charge in [0.1, 0.15) is 11.6 Å². The summed E-state index contributed by atoms with van der Waals surface area (Å²) in [6.07, 6.45) is 0. The molecule has 0 atom stereocenters. The van der Waals surface area contributed by atoms with E-state index in [2.05, 4.69) is 15.9 Å². The summed E-state index contributed by atoms with van der Waals surface area (Å²) in [5.74, 6) is -0.526. The van der Waals surface area contributed by atoms with Crippen molar-refractivity contribution < 1.29 is 13.9 Å². The first kappa shape index (κ1) is 11.8. The fraction of sp³-hybridized carbons (Fsp3) is 0. The second-order valence-corrected chi connectivity index (χ2v) is 4.27. The van der Waals surface area contributed by atoms with E-state index in [0.717, 1.165) is 4.47 Å². The van der Waals surface area contributed by atoms with Crippen LogP contribution < -0.4 is 4.74 Å². The molecule has 0 saturated heterocycles. The molecule has 0 aromatic heterocycles. The van der Waals surface area contributed by atoms with E-state index in [1.165, 1.54) is 24.3 Å². The van der Waals surface area contributed by atoms with Crippen LogP contribution in [0.1, 0.15) is 10.4 Å². The number of rotatable bonds is 2. The van der Waals surface area contributed by atoms with Gasteiger partial charge in [0.2, 0.25) is 0 Å². The van der Waals surface area contributed by atoms with Gasteiger partial charge in [0, 0.05) is 4.47 Å². The van der Waals surface area contributed by atoms with Crippen LogP contribution >= 0.6 is 15.9 Å². The number of carbonyl (C=O) groups excluding carboxylic acids is 1. The molecule has 0 bridgehead atoms.